The summed E-state index contributed by atoms with van der Waals surface area (Å²) in [5, 5.41) is 0. The molecule has 0 saturated heterocycles. The van der Waals surface area contributed by atoms with Crippen molar-refractivity contribution < 1.29 is 27.0 Å². The van der Waals surface area contributed by atoms with Crippen molar-refractivity contribution in [2.24, 2.45) is 0 Å². The van der Waals surface area contributed by atoms with Gasteiger partial charge in [-0.2, -0.15) is 17.6 Å². The van der Waals surface area contributed by atoms with Gasteiger partial charge in [0.15, 0.2) is 0 Å². The molecule has 2 nitrogen and oxygen atoms in total. The predicted octanol–water partition coefficient (Wildman–Crippen LogP) is 2.25. The Morgan fingerprint density at radius 1 is 1.17 bits per heavy atom. The monoisotopic (exact) mass is 190 g/mol. The molecule has 0 saturated carbocycles. The first-order valence-electron chi connectivity index (χ1n) is 3.30. The molecular weight excluding hydrogens is 180 g/mol. The number of ether oxygens (including phenoxy) is 2. The van der Waals surface area contributed by atoms with Crippen LogP contribution in [0.4, 0.5) is 17.6 Å². The van der Waals surface area contributed by atoms with Gasteiger partial charge < -0.3 is 4.74 Å². The summed E-state index contributed by atoms with van der Waals surface area (Å²) in [6, 6.07) is 0. The highest BCUT2D eigenvalue weighted by Crippen LogP contribution is 2.26. The summed E-state index contributed by atoms with van der Waals surface area (Å²) in [6.07, 6.45) is -7.78. The van der Waals surface area contributed by atoms with E-state index in [0.717, 1.165) is 0 Å². The molecule has 0 aromatic carbocycles. The van der Waals surface area contributed by atoms with E-state index in [-0.39, 0.29) is 13.5 Å². The lowest BCUT2D eigenvalue weighted by molar-refractivity contribution is -0.377. The smallest absolute Gasteiger partial charge is 0.373 e. The van der Waals surface area contributed by atoms with Gasteiger partial charge in [-0.05, 0) is 6.92 Å². The molecule has 0 N–H and O–H groups in total. The molecule has 0 rings (SSSR count). The fraction of sp³-hybridized carbons (Fsp3) is 1.00. The van der Waals surface area contributed by atoms with Crippen LogP contribution in [0, 0.1) is 0 Å². The van der Waals surface area contributed by atoms with Crippen LogP contribution in [0.3, 0.4) is 0 Å². The minimum atomic E-state index is -3.94. The standard InChI is InChI=1S/C6H10F4O2/c1-3-11-4-6(9,10)12-5(2,7)8/h3-4H2,1-2H3. The Balaban J connectivity index is 3.86. The lowest BCUT2D eigenvalue weighted by Gasteiger charge is -2.20. The van der Waals surface area contributed by atoms with E-state index < -0.39 is 18.8 Å². The molecule has 0 unspecified atom stereocenters. The van der Waals surface area contributed by atoms with E-state index in [1.807, 2.05) is 0 Å². The van der Waals surface area contributed by atoms with E-state index in [1.54, 1.807) is 0 Å². The van der Waals surface area contributed by atoms with E-state index in [0.29, 0.717) is 0 Å². The molecule has 6 heteroatoms. The zero-order valence-electron chi connectivity index (χ0n) is 6.74. The summed E-state index contributed by atoms with van der Waals surface area (Å²) in [4.78, 5) is 0. The normalized spacial score (nSPS) is 13.5. The molecule has 0 heterocycles. The second-order valence-corrected chi connectivity index (χ2v) is 2.18. The minimum Gasteiger partial charge on any atom is -0.373 e. The summed E-state index contributed by atoms with van der Waals surface area (Å²) < 4.78 is 55.7. The van der Waals surface area contributed by atoms with Crippen molar-refractivity contribution in [1.82, 2.24) is 0 Å². The van der Waals surface area contributed by atoms with Gasteiger partial charge in [-0.25, -0.2) is 0 Å². The number of rotatable bonds is 5. The summed E-state index contributed by atoms with van der Waals surface area (Å²) in [5.74, 6) is 0. The second kappa shape index (κ2) is 4.04. The SMILES string of the molecule is CCOCC(F)(F)OC(C)(F)F. The van der Waals surface area contributed by atoms with E-state index in [2.05, 4.69) is 9.47 Å². The Kier molecular flexibility index (Phi) is 3.92. The van der Waals surface area contributed by atoms with Gasteiger partial charge in [0.2, 0.25) is 0 Å². The molecule has 0 aromatic rings. The highest BCUT2D eigenvalue weighted by atomic mass is 19.3. The molecule has 12 heavy (non-hydrogen) atoms. The van der Waals surface area contributed by atoms with Gasteiger partial charge >= 0.3 is 12.2 Å². The third-order valence-corrected chi connectivity index (χ3v) is 0.803. The average molecular weight is 190 g/mol. The first kappa shape index (κ1) is 11.6. The van der Waals surface area contributed by atoms with E-state index in [4.69, 9.17) is 0 Å². The molecule has 0 amide bonds. The van der Waals surface area contributed by atoms with Crippen LogP contribution < -0.4 is 0 Å². The van der Waals surface area contributed by atoms with Crippen molar-refractivity contribution >= 4 is 0 Å². The Hall–Kier alpha value is -0.360. The lowest BCUT2D eigenvalue weighted by Crippen LogP contribution is -2.34. The molecule has 0 atom stereocenters. The van der Waals surface area contributed by atoms with Gasteiger partial charge in [0.05, 0.1) is 0 Å². The predicted molar refractivity (Wildman–Crippen MR) is 33.1 cm³/mol. The van der Waals surface area contributed by atoms with Gasteiger partial charge in [0.1, 0.15) is 6.61 Å². The van der Waals surface area contributed by atoms with Crippen LogP contribution in [-0.4, -0.2) is 25.4 Å². The van der Waals surface area contributed by atoms with Crippen molar-refractivity contribution in [3.63, 3.8) is 0 Å². The van der Waals surface area contributed by atoms with Crippen LogP contribution in [0.1, 0.15) is 13.8 Å². The number of halogens is 4. The maximum atomic E-state index is 12.3. The molecule has 0 aliphatic heterocycles. The van der Waals surface area contributed by atoms with Crippen molar-refractivity contribution in [2.45, 2.75) is 26.1 Å². The Labute approximate surface area is 67.5 Å². The molecule has 74 valence electrons. The van der Waals surface area contributed by atoms with Gasteiger partial charge in [0.25, 0.3) is 0 Å². The Morgan fingerprint density at radius 2 is 1.67 bits per heavy atom. The maximum absolute atomic E-state index is 12.3. The van der Waals surface area contributed by atoms with Crippen LogP contribution in [0.2, 0.25) is 0 Å². The van der Waals surface area contributed by atoms with Crippen LogP contribution >= 0.6 is 0 Å². The average Bonchev–Trinajstić information content (AvgIpc) is 1.78. The highest BCUT2D eigenvalue weighted by Gasteiger charge is 2.40. The maximum Gasteiger partial charge on any atom is 0.383 e. The summed E-state index contributed by atoms with van der Waals surface area (Å²) >= 11 is 0. The Morgan fingerprint density at radius 3 is 2.00 bits per heavy atom. The highest BCUT2D eigenvalue weighted by molar-refractivity contribution is 4.53. The number of hydrogen-bond acceptors (Lipinski definition) is 2. The quantitative estimate of drug-likeness (QED) is 0.619. The second-order valence-electron chi connectivity index (χ2n) is 2.18. The number of hydrogen-bond donors (Lipinski definition) is 0. The van der Waals surface area contributed by atoms with Crippen LogP contribution in [0.5, 0.6) is 0 Å². The molecule has 0 aromatic heterocycles. The van der Waals surface area contributed by atoms with Gasteiger partial charge in [-0.1, -0.05) is 0 Å². The third kappa shape index (κ3) is 6.36. The molecular formula is C6H10F4O2. The van der Waals surface area contributed by atoms with Crippen LogP contribution in [0.15, 0.2) is 0 Å². The summed E-state index contributed by atoms with van der Waals surface area (Å²) in [6.45, 7) is 0.578. The molecule has 0 radical (unpaired) electrons. The van der Waals surface area contributed by atoms with Crippen LogP contribution in [-0.2, 0) is 9.47 Å². The fourth-order valence-corrected chi connectivity index (χ4v) is 0.513. The number of alkyl halides is 4. The first-order chi connectivity index (χ1) is 5.27. The van der Waals surface area contributed by atoms with Crippen molar-refractivity contribution in [1.29, 1.82) is 0 Å². The minimum absolute atomic E-state index is 0.0221. The first-order valence-corrected chi connectivity index (χ1v) is 3.30. The van der Waals surface area contributed by atoms with E-state index in [1.165, 1.54) is 6.92 Å². The topological polar surface area (TPSA) is 18.5 Å². The molecule has 0 fully saturated rings. The largest absolute Gasteiger partial charge is 0.383 e. The fourth-order valence-electron chi connectivity index (χ4n) is 0.513. The zero-order chi connectivity index (χ0) is 9.83. The van der Waals surface area contributed by atoms with Crippen molar-refractivity contribution in [3.8, 4) is 0 Å². The van der Waals surface area contributed by atoms with E-state index in [9.17, 15) is 17.6 Å². The Bertz CT molecular complexity index is 132. The molecule has 0 bridgehead atoms. The zero-order valence-corrected chi connectivity index (χ0v) is 6.74. The molecule has 0 aliphatic rings. The lowest BCUT2D eigenvalue weighted by atomic mass is 10.6. The van der Waals surface area contributed by atoms with Gasteiger partial charge in [0, 0.05) is 13.5 Å². The van der Waals surface area contributed by atoms with Crippen molar-refractivity contribution in [3.05, 3.63) is 0 Å². The molecule has 0 aliphatic carbocycles. The van der Waals surface area contributed by atoms with Gasteiger partial charge in [-0.15, -0.1) is 0 Å². The summed E-state index contributed by atoms with van der Waals surface area (Å²) in [7, 11) is 0. The van der Waals surface area contributed by atoms with Gasteiger partial charge in [-0.3, -0.25) is 4.74 Å². The van der Waals surface area contributed by atoms with Crippen LogP contribution in [0.25, 0.3) is 0 Å². The molecule has 0 spiro atoms. The van der Waals surface area contributed by atoms with E-state index >= 15 is 0 Å². The summed E-state index contributed by atoms with van der Waals surface area (Å²) in [5.41, 5.74) is 0. The third-order valence-electron chi connectivity index (χ3n) is 0.803. The van der Waals surface area contributed by atoms with Crippen molar-refractivity contribution in [2.75, 3.05) is 13.2 Å².